The van der Waals surface area contributed by atoms with Crippen molar-refractivity contribution in [1.82, 2.24) is 10.2 Å². The lowest BCUT2D eigenvalue weighted by atomic mass is 9.95. The van der Waals surface area contributed by atoms with Crippen molar-refractivity contribution in [2.75, 3.05) is 5.75 Å². The Morgan fingerprint density at radius 2 is 1.73 bits per heavy atom. The molecule has 2 aromatic carbocycles. The zero-order chi connectivity index (χ0) is 23.5. The summed E-state index contributed by atoms with van der Waals surface area (Å²) in [6, 6.07) is 18.3. The molecule has 2 amide bonds. The van der Waals surface area contributed by atoms with Gasteiger partial charge in [-0.3, -0.25) is 9.59 Å². The molecule has 178 valence electrons. The Bertz CT molecular complexity index is 880. The van der Waals surface area contributed by atoms with Crippen LogP contribution in [-0.2, 0) is 21.9 Å². The third-order valence-electron chi connectivity index (χ3n) is 6.51. The van der Waals surface area contributed by atoms with Crippen molar-refractivity contribution in [3.63, 3.8) is 0 Å². The highest BCUT2D eigenvalue weighted by Gasteiger charge is 2.30. The molecular weight excluding hydrogens is 428 g/mol. The van der Waals surface area contributed by atoms with Gasteiger partial charge in [-0.2, -0.15) is 11.8 Å². The Kier molecular flexibility index (Phi) is 10.3. The lowest BCUT2D eigenvalue weighted by Crippen LogP contribution is -2.51. The average Bonchev–Trinajstić information content (AvgIpc) is 2.84. The van der Waals surface area contributed by atoms with E-state index in [4.69, 9.17) is 0 Å². The number of benzene rings is 2. The molecule has 1 atom stereocenters. The van der Waals surface area contributed by atoms with E-state index in [1.165, 1.54) is 24.8 Å². The zero-order valence-corrected chi connectivity index (χ0v) is 20.9. The maximum atomic E-state index is 13.4. The van der Waals surface area contributed by atoms with Crippen molar-refractivity contribution in [3.8, 4) is 0 Å². The minimum atomic E-state index is -0.432. The summed E-state index contributed by atoms with van der Waals surface area (Å²) in [6.07, 6.45) is 6.75. The standard InChI is InChI=1S/C28H38N2O2S/c1-3-26(28(32)29-25-16-8-5-9-17-25)30(20-24-15-11-10-12-22(24)2)27(31)18-19-33-21-23-13-6-4-7-14-23/h4,6-7,10-15,25-26H,3,5,8-9,16-21H2,1-2H3,(H,29,32)/t26-/m1/s1. The van der Waals surface area contributed by atoms with E-state index in [1.54, 1.807) is 11.8 Å². The molecule has 33 heavy (non-hydrogen) atoms. The highest BCUT2D eigenvalue weighted by Crippen LogP contribution is 2.21. The van der Waals surface area contributed by atoms with Crippen LogP contribution in [0.4, 0.5) is 0 Å². The van der Waals surface area contributed by atoms with Gasteiger partial charge in [-0.05, 0) is 42.9 Å². The van der Waals surface area contributed by atoms with Crippen LogP contribution in [0.25, 0.3) is 0 Å². The third-order valence-corrected chi connectivity index (χ3v) is 7.54. The van der Waals surface area contributed by atoms with E-state index in [2.05, 4.69) is 36.5 Å². The van der Waals surface area contributed by atoms with Gasteiger partial charge in [-0.1, -0.05) is 80.8 Å². The lowest BCUT2D eigenvalue weighted by Gasteiger charge is -2.33. The molecule has 0 unspecified atom stereocenters. The number of rotatable bonds is 11. The molecule has 5 heteroatoms. The molecule has 1 N–H and O–H groups in total. The molecule has 0 spiro atoms. The number of carbonyl (C=O) groups is 2. The fraction of sp³-hybridized carbons (Fsp3) is 0.500. The van der Waals surface area contributed by atoms with Crippen LogP contribution in [-0.4, -0.2) is 34.6 Å². The molecule has 0 bridgehead atoms. The molecule has 0 radical (unpaired) electrons. The fourth-order valence-corrected chi connectivity index (χ4v) is 5.39. The zero-order valence-electron chi connectivity index (χ0n) is 20.1. The summed E-state index contributed by atoms with van der Waals surface area (Å²) in [5.41, 5.74) is 3.52. The van der Waals surface area contributed by atoms with E-state index < -0.39 is 6.04 Å². The third kappa shape index (κ3) is 7.92. The molecule has 0 heterocycles. The number of aryl methyl sites for hydroxylation is 1. The Hall–Kier alpha value is -2.27. The number of hydrogen-bond acceptors (Lipinski definition) is 3. The van der Waals surface area contributed by atoms with Gasteiger partial charge in [0, 0.05) is 30.5 Å². The second-order valence-electron chi connectivity index (χ2n) is 9.00. The molecule has 4 nitrogen and oxygen atoms in total. The average molecular weight is 467 g/mol. The van der Waals surface area contributed by atoms with Crippen LogP contribution in [0.2, 0.25) is 0 Å². The van der Waals surface area contributed by atoms with E-state index in [0.29, 0.717) is 19.4 Å². The summed E-state index contributed by atoms with van der Waals surface area (Å²) in [6.45, 7) is 4.55. The predicted octanol–water partition coefficient (Wildman–Crippen LogP) is 5.87. The van der Waals surface area contributed by atoms with Crippen molar-refractivity contribution in [3.05, 3.63) is 71.3 Å². The molecule has 0 aromatic heterocycles. The van der Waals surface area contributed by atoms with Gasteiger partial charge in [-0.15, -0.1) is 0 Å². The second kappa shape index (κ2) is 13.4. The Morgan fingerprint density at radius 1 is 1.03 bits per heavy atom. The van der Waals surface area contributed by atoms with Gasteiger partial charge in [0.15, 0.2) is 0 Å². The van der Waals surface area contributed by atoms with Gasteiger partial charge in [-0.25, -0.2) is 0 Å². The van der Waals surface area contributed by atoms with Crippen LogP contribution >= 0.6 is 11.8 Å². The van der Waals surface area contributed by atoms with Crippen LogP contribution in [0, 0.1) is 6.92 Å². The van der Waals surface area contributed by atoms with Crippen molar-refractivity contribution in [1.29, 1.82) is 0 Å². The summed E-state index contributed by atoms with van der Waals surface area (Å²) >= 11 is 1.77. The molecule has 2 aromatic rings. The molecule has 1 fully saturated rings. The quantitative estimate of drug-likeness (QED) is 0.421. The first-order valence-electron chi connectivity index (χ1n) is 12.3. The first-order valence-corrected chi connectivity index (χ1v) is 13.5. The Balaban J connectivity index is 1.66. The molecule has 1 aliphatic carbocycles. The van der Waals surface area contributed by atoms with Crippen molar-refractivity contribution in [2.24, 2.45) is 0 Å². The smallest absolute Gasteiger partial charge is 0.243 e. The van der Waals surface area contributed by atoms with Crippen molar-refractivity contribution >= 4 is 23.6 Å². The normalized spacial score (nSPS) is 15.1. The number of thioether (sulfide) groups is 1. The Morgan fingerprint density at radius 3 is 2.42 bits per heavy atom. The maximum Gasteiger partial charge on any atom is 0.243 e. The first kappa shape index (κ1) is 25.4. The number of nitrogens with zero attached hydrogens (tertiary/aromatic N) is 1. The summed E-state index contributed by atoms with van der Waals surface area (Å²) in [5, 5.41) is 3.26. The molecule has 1 aliphatic rings. The maximum absolute atomic E-state index is 13.4. The van der Waals surface area contributed by atoms with Crippen LogP contribution < -0.4 is 5.32 Å². The highest BCUT2D eigenvalue weighted by molar-refractivity contribution is 7.98. The van der Waals surface area contributed by atoms with Crippen LogP contribution in [0.5, 0.6) is 0 Å². The first-order chi connectivity index (χ1) is 16.1. The summed E-state index contributed by atoms with van der Waals surface area (Å²) in [4.78, 5) is 28.5. The minimum Gasteiger partial charge on any atom is -0.352 e. The summed E-state index contributed by atoms with van der Waals surface area (Å²) in [7, 11) is 0. The monoisotopic (exact) mass is 466 g/mol. The second-order valence-corrected chi connectivity index (χ2v) is 10.1. The largest absolute Gasteiger partial charge is 0.352 e. The van der Waals surface area contributed by atoms with E-state index in [0.717, 1.165) is 35.5 Å². The van der Waals surface area contributed by atoms with Gasteiger partial charge < -0.3 is 10.2 Å². The molecular formula is C28H38N2O2S. The number of amides is 2. The van der Waals surface area contributed by atoms with E-state index in [1.807, 2.05) is 42.2 Å². The SMILES string of the molecule is CC[C@H](C(=O)NC1CCCCC1)N(Cc1ccccc1C)C(=O)CCSCc1ccccc1. The van der Waals surface area contributed by atoms with Gasteiger partial charge in [0.1, 0.15) is 6.04 Å². The van der Waals surface area contributed by atoms with Crippen LogP contribution in [0.1, 0.15) is 68.6 Å². The fourth-order valence-electron chi connectivity index (χ4n) is 4.50. The van der Waals surface area contributed by atoms with Gasteiger partial charge in [0.05, 0.1) is 0 Å². The minimum absolute atomic E-state index is 0.00303. The Labute approximate surface area is 203 Å². The van der Waals surface area contributed by atoms with Gasteiger partial charge >= 0.3 is 0 Å². The van der Waals surface area contributed by atoms with Crippen molar-refractivity contribution in [2.45, 2.75) is 83.2 Å². The highest BCUT2D eigenvalue weighted by atomic mass is 32.2. The number of hydrogen-bond donors (Lipinski definition) is 1. The van der Waals surface area contributed by atoms with E-state index in [-0.39, 0.29) is 17.9 Å². The van der Waals surface area contributed by atoms with Gasteiger partial charge in [0.25, 0.3) is 0 Å². The predicted molar refractivity (Wildman–Crippen MR) is 138 cm³/mol. The van der Waals surface area contributed by atoms with Gasteiger partial charge in [0.2, 0.25) is 11.8 Å². The molecule has 1 saturated carbocycles. The number of nitrogens with one attached hydrogen (secondary N) is 1. The molecule has 3 rings (SSSR count). The number of carbonyl (C=O) groups excluding carboxylic acids is 2. The summed E-state index contributed by atoms with van der Waals surface area (Å²) < 4.78 is 0. The lowest BCUT2D eigenvalue weighted by molar-refractivity contribution is -0.141. The van der Waals surface area contributed by atoms with Crippen LogP contribution in [0.3, 0.4) is 0 Å². The van der Waals surface area contributed by atoms with Crippen LogP contribution in [0.15, 0.2) is 54.6 Å². The topological polar surface area (TPSA) is 49.4 Å². The molecule has 0 saturated heterocycles. The van der Waals surface area contributed by atoms with Crippen molar-refractivity contribution < 1.29 is 9.59 Å². The van der Waals surface area contributed by atoms with E-state index in [9.17, 15) is 9.59 Å². The summed E-state index contributed by atoms with van der Waals surface area (Å²) in [5.74, 6) is 1.71. The van der Waals surface area contributed by atoms with E-state index >= 15 is 0 Å². The molecule has 0 aliphatic heterocycles.